The van der Waals surface area contributed by atoms with E-state index in [4.69, 9.17) is 0 Å². The minimum Gasteiger partial charge on any atom is -0.317 e. The van der Waals surface area contributed by atoms with Crippen LogP contribution < -0.4 is 5.32 Å². The van der Waals surface area contributed by atoms with Crippen LogP contribution in [0.2, 0.25) is 0 Å². The highest BCUT2D eigenvalue weighted by atomic mass is 79.9. The second kappa shape index (κ2) is 4.26. The standard InChI is InChI=1S/C13H18BrN/c1-10(15-2)13(7-8-13)9-11-5-3-4-6-12(11)14/h3-6,10,15H,7-9H2,1-2H3. The van der Waals surface area contributed by atoms with Gasteiger partial charge in [0, 0.05) is 10.5 Å². The number of halogens is 1. The summed E-state index contributed by atoms with van der Waals surface area (Å²) in [4.78, 5) is 0. The summed E-state index contributed by atoms with van der Waals surface area (Å²) in [6, 6.07) is 9.18. The first-order valence-corrected chi connectivity index (χ1v) is 6.38. The fourth-order valence-corrected chi connectivity index (χ4v) is 2.68. The fraction of sp³-hybridized carbons (Fsp3) is 0.538. The Kier molecular flexibility index (Phi) is 3.17. The molecule has 2 heteroatoms. The fourth-order valence-electron chi connectivity index (χ4n) is 2.25. The van der Waals surface area contributed by atoms with Gasteiger partial charge < -0.3 is 5.32 Å². The molecule has 0 bridgehead atoms. The average molecular weight is 268 g/mol. The second-order valence-corrected chi connectivity index (χ2v) is 5.50. The minimum absolute atomic E-state index is 0.513. The minimum atomic E-state index is 0.513. The number of rotatable bonds is 4. The topological polar surface area (TPSA) is 12.0 Å². The van der Waals surface area contributed by atoms with E-state index in [2.05, 4.69) is 59.5 Å². The largest absolute Gasteiger partial charge is 0.317 e. The zero-order valence-corrected chi connectivity index (χ0v) is 11.0. The first-order valence-electron chi connectivity index (χ1n) is 5.59. The van der Waals surface area contributed by atoms with Gasteiger partial charge in [0.1, 0.15) is 0 Å². The van der Waals surface area contributed by atoms with Crippen molar-refractivity contribution in [2.24, 2.45) is 5.41 Å². The molecule has 1 N–H and O–H groups in total. The number of hydrogen-bond donors (Lipinski definition) is 1. The van der Waals surface area contributed by atoms with E-state index in [9.17, 15) is 0 Å². The Morgan fingerprint density at radius 3 is 2.60 bits per heavy atom. The average Bonchev–Trinajstić information content (AvgIpc) is 3.01. The van der Waals surface area contributed by atoms with Crippen LogP contribution in [0.5, 0.6) is 0 Å². The maximum absolute atomic E-state index is 3.63. The number of nitrogens with one attached hydrogen (secondary N) is 1. The highest BCUT2D eigenvalue weighted by Gasteiger charge is 2.46. The predicted octanol–water partition coefficient (Wildman–Crippen LogP) is 3.38. The van der Waals surface area contributed by atoms with Crippen molar-refractivity contribution < 1.29 is 0 Å². The quantitative estimate of drug-likeness (QED) is 0.882. The maximum atomic E-state index is 3.63. The Balaban J connectivity index is 2.12. The second-order valence-electron chi connectivity index (χ2n) is 4.64. The zero-order chi connectivity index (χ0) is 10.9. The molecular weight excluding hydrogens is 250 g/mol. The summed E-state index contributed by atoms with van der Waals surface area (Å²) in [6.45, 7) is 2.30. The SMILES string of the molecule is CNC(C)C1(Cc2ccccc2Br)CC1. The third kappa shape index (κ3) is 2.26. The molecule has 2 rings (SSSR count). The molecule has 0 heterocycles. The first-order chi connectivity index (χ1) is 7.18. The Labute approximate surface area is 100 Å². The molecule has 1 aliphatic rings. The van der Waals surface area contributed by atoms with Crippen molar-refractivity contribution in [3.05, 3.63) is 34.3 Å². The Hall–Kier alpha value is -0.340. The molecule has 1 aromatic carbocycles. The first kappa shape index (κ1) is 11.2. The van der Waals surface area contributed by atoms with E-state index in [0.29, 0.717) is 11.5 Å². The maximum Gasteiger partial charge on any atom is 0.0207 e. The van der Waals surface area contributed by atoms with Crippen LogP contribution in [0, 0.1) is 5.41 Å². The van der Waals surface area contributed by atoms with Crippen LogP contribution in [-0.2, 0) is 6.42 Å². The van der Waals surface area contributed by atoms with E-state index in [0.717, 1.165) is 0 Å². The van der Waals surface area contributed by atoms with Gasteiger partial charge in [-0.2, -0.15) is 0 Å². The van der Waals surface area contributed by atoms with Crippen LogP contribution >= 0.6 is 15.9 Å². The van der Waals surface area contributed by atoms with Crippen LogP contribution in [-0.4, -0.2) is 13.1 Å². The van der Waals surface area contributed by atoms with Crippen molar-refractivity contribution >= 4 is 15.9 Å². The smallest absolute Gasteiger partial charge is 0.0207 e. The number of hydrogen-bond acceptors (Lipinski definition) is 1. The molecule has 0 radical (unpaired) electrons. The molecule has 1 atom stereocenters. The molecule has 0 spiro atoms. The monoisotopic (exact) mass is 267 g/mol. The van der Waals surface area contributed by atoms with Crippen LogP contribution in [0.3, 0.4) is 0 Å². The lowest BCUT2D eigenvalue weighted by molar-refractivity contribution is 0.369. The molecule has 0 amide bonds. The third-order valence-corrected chi connectivity index (χ3v) is 4.52. The van der Waals surface area contributed by atoms with E-state index in [1.54, 1.807) is 0 Å². The lowest BCUT2D eigenvalue weighted by atomic mass is 9.90. The molecule has 15 heavy (non-hydrogen) atoms. The zero-order valence-electron chi connectivity index (χ0n) is 9.39. The van der Waals surface area contributed by atoms with E-state index in [1.807, 2.05) is 0 Å². The summed E-state index contributed by atoms with van der Waals surface area (Å²) in [5, 5.41) is 3.39. The molecule has 1 saturated carbocycles. The number of benzene rings is 1. The van der Waals surface area contributed by atoms with E-state index in [-0.39, 0.29) is 0 Å². The van der Waals surface area contributed by atoms with Crippen molar-refractivity contribution in [2.75, 3.05) is 7.05 Å². The molecule has 0 aliphatic heterocycles. The van der Waals surface area contributed by atoms with Gasteiger partial charge in [-0.15, -0.1) is 0 Å². The highest BCUT2D eigenvalue weighted by molar-refractivity contribution is 9.10. The van der Waals surface area contributed by atoms with Gasteiger partial charge in [-0.25, -0.2) is 0 Å². The molecule has 1 aliphatic carbocycles. The third-order valence-electron chi connectivity index (χ3n) is 3.74. The van der Waals surface area contributed by atoms with Crippen LogP contribution in [0.1, 0.15) is 25.3 Å². The van der Waals surface area contributed by atoms with Crippen molar-refractivity contribution in [2.45, 2.75) is 32.2 Å². The van der Waals surface area contributed by atoms with Crippen molar-refractivity contribution in [3.63, 3.8) is 0 Å². The van der Waals surface area contributed by atoms with Crippen LogP contribution in [0.15, 0.2) is 28.7 Å². The summed E-state index contributed by atoms with van der Waals surface area (Å²) in [7, 11) is 2.06. The van der Waals surface area contributed by atoms with E-state index in [1.165, 1.54) is 29.3 Å². The molecule has 1 unspecified atom stereocenters. The van der Waals surface area contributed by atoms with Crippen molar-refractivity contribution in [3.8, 4) is 0 Å². The van der Waals surface area contributed by atoms with E-state index < -0.39 is 0 Å². The van der Waals surface area contributed by atoms with Gasteiger partial charge in [0.25, 0.3) is 0 Å². The molecule has 1 fully saturated rings. The van der Waals surface area contributed by atoms with Gasteiger partial charge in [-0.1, -0.05) is 34.1 Å². The normalized spacial score (nSPS) is 19.9. The van der Waals surface area contributed by atoms with E-state index >= 15 is 0 Å². The van der Waals surface area contributed by atoms with Gasteiger partial charge in [-0.05, 0) is 50.3 Å². The molecule has 0 saturated heterocycles. The molecule has 1 nitrogen and oxygen atoms in total. The predicted molar refractivity (Wildman–Crippen MR) is 68.0 cm³/mol. The lowest BCUT2D eigenvalue weighted by Crippen LogP contribution is -2.33. The molecule has 82 valence electrons. The Bertz CT molecular complexity index is 344. The summed E-state index contributed by atoms with van der Waals surface area (Å²) < 4.78 is 1.25. The summed E-state index contributed by atoms with van der Waals surface area (Å²) in [6.07, 6.45) is 3.91. The molecular formula is C13H18BrN. The molecule has 1 aromatic rings. The Morgan fingerprint density at radius 1 is 1.40 bits per heavy atom. The van der Waals surface area contributed by atoms with Crippen molar-refractivity contribution in [1.82, 2.24) is 5.32 Å². The Morgan fingerprint density at radius 2 is 2.07 bits per heavy atom. The van der Waals surface area contributed by atoms with Crippen LogP contribution in [0.25, 0.3) is 0 Å². The van der Waals surface area contributed by atoms with Gasteiger partial charge >= 0.3 is 0 Å². The summed E-state index contributed by atoms with van der Waals surface area (Å²) in [5.74, 6) is 0. The van der Waals surface area contributed by atoms with Gasteiger partial charge in [-0.3, -0.25) is 0 Å². The van der Waals surface area contributed by atoms with Crippen LogP contribution in [0.4, 0.5) is 0 Å². The van der Waals surface area contributed by atoms with Gasteiger partial charge in [0.2, 0.25) is 0 Å². The highest BCUT2D eigenvalue weighted by Crippen LogP contribution is 2.51. The summed E-state index contributed by atoms with van der Waals surface area (Å²) in [5.41, 5.74) is 1.95. The summed E-state index contributed by atoms with van der Waals surface area (Å²) >= 11 is 3.63. The lowest BCUT2D eigenvalue weighted by Gasteiger charge is -2.23. The van der Waals surface area contributed by atoms with Gasteiger partial charge in [0.15, 0.2) is 0 Å². The van der Waals surface area contributed by atoms with Crippen molar-refractivity contribution in [1.29, 1.82) is 0 Å². The molecule has 0 aromatic heterocycles. The van der Waals surface area contributed by atoms with Gasteiger partial charge in [0.05, 0.1) is 0 Å².